The van der Waals surface area contributed by atoms with E-state index in [4.69, 9.17) is 5.11 Å². The fourth-order valence-electron chi connectivity index (χ4n) is 2.06. The van der Waals surface area contributed by atoms with Crippen molar-refractivity contribution in [2.45, 2.75) is 31.6 Å². The highest BCUT2D eigenvalue weighted by Crippen LogP contribution is 2.31. The second-order valence-electron chi connectivity index (χ2n) is 4.77. The molecule has 1 aliphatic heterocycles. The SMILES string of the molecule is CC(CO)c1csc(C2CCN(C)CC2)n1. The molecule has 2 rings (SSSR count). The number of thiazole rings is 1. The van der Waals surface area contributed by atoms with Crippen LogP contribution in [0.5, 0.6) is 0 Å². The molecule has 0 saturated carbocycles. The van der Waals surface area contributed by atoms with Crippen LogP contribution in [-0.2, 0) is 0 Å². The summed E-state index contributed by atoms with van der Waals surface area (Å²) in [6.07, 6.45) is 2.44. The topological polar surface area (TPSA) is 36.4 Å². The summed E-state index contributed by atoms with van der Waals surface area (Å²) in [7, 11) is 2.18. The number of piperidine rings is 1. The molecular weight excluding hydrogens is 220 g/mol. The zero-order valence-electron chi connectivity index (χ0n) is 10.0. The van der Waals surface area contributed by atoms with Crippen LogP contribution in [0.15, 0.2) is 5.38 Å². The Bertz CT molecular complexity index is 332. The molecule has 0 radical (unpaired) electrons. The fraction of sp³-hybridized carbons (Fsp3) is 0.750. The van der Waals surface area contributed by atoms with E-state index in [0.717, 1.165) is 5.69 Å². The third kappa shape index (κ3) is 2.62. The van der Waals surface area contributed by atoms with E-state index in [2.05, 4.69) is 22.3 Å². The Morgan fingerprint density at radius 2 is 2.25 bits per heavy atom. The average Bonchev–Trinajstić information content (AvgIpc) is 2.78. The van der Waals surface area contributed by atoms with Crippen LogP contribution in [0, 0.1) is 0 Å². The molecule has 0 spiro atoms. The molecule has 1 fully saturated rings. The number of hydrogen-bond donors (Lipinski definition) is 1. The van der Waals surface area contributed by atoms with Gasteiger partial charge in [-0.2, -0.15) is 0 Å². The predicted octanol–water partition coefficient (Wildman–Crippen LogP) is 2.05. The molecule has 1 aromatic rings. The van der Waals surface area contributed by atoms with E-state index in [9.17, 15) is 0 Å². The van der Waals surface area contributed by atoms with Gasteiger partial charge in [-0.1, -0.05) is 6.92 Å². The molecule has 1 atom stereocenters. The lowest BCUT2D eigenvalue weighted by Gasteiger charge is -2.27. The van der Waals surface area contributed by atoms with E-state index in [0.29, 0.717) is 5.92 Å². The smallest absolute Gasteiger partial charge is 0.0960 e. The fourth-order valence-corrected chi connectivity index (χ4v) is 3.18. The maximum Gasteiger partial charge on any atom is 0.0960 e. The molecule has 2 heterocycles. The number of aliphatic hydroxyl groups excluding tert-OH is 1. The first-order valence-electron chi connectivity index (χ1n) is 5.95. The van der Waals surface area contributed by atoms with Crippen LogP contribution in [0.3, 0.4) is 0 Å². The van der Waals surface area contributed by atoms with Crippen LogP contribution >= 0.6 is 11.3 Å². The highest BCUT2D eigenvalue weighted by molar-refractivity contribution is 7.09. The minimum absolute atomic E-state index is 0.177. The second-order valence-corrected chi connectivity index (χ2v) is 5.66. The van der Waals surface area contributed by atoms with E-state index in [-0.39, 0.29) is 12.5 Å². The Morgan fingerprint density at radius 1 is 1.56 bits per heavy atom. The molecule has 3 nitrogen and oxygen atoms in total. The van der Waals surface area contributed by atoms with E-state index in [1.165, 1.54) is 30.9 Å². The molecule has 1 aromatic heterocycles. The first-order valence-corrected chi connectivity index (χ1v) is 6.83. The molecule has 0 aromatic carbocycles. The minimum Gasteiger partial charge on any atom is -0.396 e. The third-order valence-corrected chi connectivity index (χ3v) is 4.41. The van der Waals surface area contributed by atoms with Crippen molar-refractivity contribution in [3.8, 4) is 0 Å². The molecule has 90 valence electrons. The van der Waals surface area contributed by atoms with Gasteiger partial charge in [-0.25, -0.2) is 4.98 Å². The third-order valence-electron chi connectivity index (χ3n) is 3.39. The lowest BCUT2D eigenvalue weighted by Crippen LogP contribution is -2.29. The van der Waals surface area contributed by atoms with E-state index in [1.807, 2.05) is 6.92 Å². The normalized spacial score (nSPS) is 21.2. The lowest BCUT2D eigenvalue weighted by atomic mass is 9.98. The first kappa shape index (κ1) is 12.0. The van der Waals surface area contributed by atoms with Crippen molar-refractivity contribution in [3.63, 3.8) is 0 Å². The van der Waals surface area contributed by atoms with Gasteiger partial charge < -0.3 is 10.0 Å². The quantitative estimate of drug-likeness (QED) is 0.878. The molecule has 4 heteroatoms. The van der Waals surface area contributed by atoms with Gasteiger partial charge in [0.15, 0.2) is 0 Å². The number of aromatic nitrogens is 1. The van der Waals surface area contributed by atoms with Crippen molar-refractivity contribution in [1.82, 2.24) is 9.88 Å². The Kier molecular flexibility index (Phi) is 3.95. The molecule has 1 aliphatic rings. The summed E-state index contributed by atoms with van der Waals surface area (Å²) in [5, 5.41) is 12.5. The summed E-state index contributed by atoms with van der Waals surface area (Å²) < 4.78 is 0. The van der Waals surface area contributed by atoms with Gasteiger partial charge in [0.05, 0.1) is 17.3 Å². The summed E-state index contributed by atoms with van der Waals surface area (Å²) in [5.41, 5.74) is 1.06. The Hall–Kier alpha value is -0.450. The van der Waals surface area contributed by atoms with Gasteiger partial charge >= 0.3 is 0 Å². The maximum atomic E-state index is 9.10. The number of likely N-dealkylation sites (tertiary alicyclic amines) is 1. The highest BCUT2D eigenvalue weighted by Gasteiger charge is 2.21. The van der Waals surface area contributed by atoms with Gasteiger partial charge in [0.25, 0.3) is 0 Å². The lowest BCUT2D eigenvalue weighted by molar-refractivity contribution is 0.254. The van der Waals surface area contributed by atoms with E-state index < -0.39 is 0 Å². The van der Waals surface area contributed by atoms with E-state index >= 15 is 0 Å². The zero-order chi connectivity index (χ0) is 11.5. The van der Waals surface area contributed by atoms with Crippen LogP contribution in [0.25, 0.3) is 0 Å². The van der Waals surface area contributed by atoms with Crippen LogP contribution in [0.1, 0.15) is 42.3 Å². The van der Waals surface area contributed by atoms with Crippen LogP contribution in [0.4, 0.5) is 0 Å². The molecule has 1 unspecified atom stereocenters. The minimum atomic E-state index is 0.177. The summed E-state index contributed by atoms with van der Waals surface area (Å²) in [6.45, 7) is 4.56. The molecule has 1 N–H and O–H groups in total. The van der Waals surface area contributed by atoms with Crippen molar-refractivity contribution >= 4 is 11.3 Å². The Morgan fingerprint density at radius 3 is 2.88 bits per heavy atom. The van der Waals surface area contributed by atoms with Gasteiger partial charge in [0, 0.05) is 17.2 Å². The van der Waals surface area contributed by atoms with Gasteiger partial charge in [-0.15, -0.1) is 11.3 Å². The van der Waals surface area contributed by atoms with Crippen molar-refractivity contribution < 1.29 is 5.11 Å². The van der Waals surface area contributed by atoms with Crippen LogP contribution < -0.4 is 0 Å². The Labute approximate surface area is 101 Å². The first-order chi connectivity index (χ1) is 7.70. The molecule has 0 bridgehead atoms. The number of rotatable bonds is 3. The second kappa shape index (κ2) is 5.25. The summed E-state index contributed by atoms with van der Waals surface area (Å²) in [5.74, 6) is 0.817. The van der Waals surface area contributed by atoms with Gasteiger partial charge in [-0.05, 0) is 33.0 Å². The van der Waals surface area contributed by atoms with Gasteiger partial charge in [-0.3, -0.25) is 0 Å². The van der Waals surface area contributed by atoms with Gasteiger partial charge in [0.1, 0.15) is 0 Å². The standard InChI is InChI=1S/C12H20N2OS/c1-9(7-15)11-8-16-12(13-11)10-3-5-14(2)6-4-10/h8-10,15H,3-7H2,1-2H3. The highest BCUT2D eigenvalue weighted by atomic mass is 32.1. The average molecular weight is 240 g/mol. The number of aliphatic hydroxyl groups is 1. The van der Waals surface area contributed by atoms with Crippen molar-refractivity contribution in [2.75, 3.05) is 26.7 Å². The molecule has 0 aliphatic carbocycles. The molecule has 1 saturated heterocycles. The van der Waals surface area contributed by atoms with E-state index in [1.54, 1.807) is 11.3 Å². The monoisotopic (exact) mass is 240 g/mol. The van der Waals surface area contributed by atoms with Crippen LogP contribution in [0.2, 0.25) is 0 Å². The number of nitrogens with zero attached hydrogens (tertiary/aromatic N) is 2. The number of hydrogen-bond acceptors (Lipinski definition) is 4. The largest absolute Gasteiger partial charge is 0.396 e. The van der Waals surface area contributed by atoms with Crippen molar-refractivity contribution in [2.24, 2.45) is 0 Å². The Balaban J connectivity index is 2.01. The van der Waals surface area contributed by atoms with Crippen molar-refractivity contribution in [3.05, 3.63) is 16.1 Å². The van der Waals surface area contributed by atoms with Gasteiger partial charge in [0.2, 0.25) is 0 Å². The maximum absolute atomic E-state index is 9.10. The summed E-state index contributed by atoms with van der Waals surface area (Å²) >= 11 is 1.76. The van der Waals surface area contributed by atoms with Crippen molar-refractivity contribution in [1.29, 1.82) is 0 Å². The predicted molar refractivity (Wildman–Crippen MR) is 67.1 cm³/mol. The molecule has 16 heavy (non-hydrogen) atoms. The zero-order valence-corrected chi connectivity index (χ0v) is 10.8. The molecular formula is C12H20N2OS. The summed E-state index contributed by atoms with van der Waals surface area (Å²) in [4.78, 5) is 7.05. The molecule has 0 amide bonds. The summed E-state index contributed by atoms with van der Waals surface area (Å²) in [6, 6.07) is 0. The van der Waals surface area contributed by atoms with Crippen LogP contribution in [-0.4, -0.2) is 41.7 Å².